The molecule has 2 heterocycles. The highest BCUT2D eigenvalue weighted by Crippen LogP contribution is 2.32. The summed E-state index contributed by atoms with van der Waals surface area (Å²) in [5, 5.41) is 8.37. The van der Waals surface area contributed by atoms with Crippen LogP contribution in [0.3, 0.4) is 0 Å². The molecule has 0 amide bonds. The normalized spacial score (nSPS) is 31.4. The number of piperidine rings is 1. The monoisotopic (exact) mass is 278 g/mol. The predicted molar refractivity (Wildman–Crippen MR) is 82.6 cm³/mol. The number of nitrogens with one attached hydrogen (secondary N) is 1. The van der Waals surface area contributed by atoms with E-state index in [-0.39, 0.29) is 0 Å². The third-order valence-corrected chi connectivity index (χ3v) is 5.54. The molecule has 0 bridgehead atoms. The van der Waals surface area contributed by atoms with Crippen molar-refractivity contribution in [2.24, 2.45) is 5.92 Å². The lowest BCUT2D eigenvalue weighted by Gasteiger charge is -2.41. The summed E-state index contributed by atoms with van der Waals surface area (Å²) >= 11 is 1.80. The van der Waals surface area contributed by atoms with Crippen LogP contribution in [0, 0.1) is 5.92 Å². The lowest BCUT2D eigenvalue weighted by molar-refractivity contribution is 0.151. The van der Waals surface area contributed by atoms with Crippen LogP contribution in [0.2, 0.25) is 0 Å². The van der Waals surface area contributed by atoms with Gasteiger partial charge in [-0.3, -0.25) is 0 Å². The number of likely N-dealkylation sites (N-methyl/N-ethyl adjacent to an activating group) is 1. The lowest BCUT2D eigenvalue weighted by atomic mass is 9.78. The molecule has 1 aromatic heterocycles. The van der Waals surface area contributed by atoms with Gasteiger partial charge in [0.05, 0.1) is 0 Å². The fourth-order valence-corrected chi connectivity index (χ4v) is 4.51. The van der Waals surface area contributed by atoms with Gasteiger partial charge in [0, 0.05) is 25.2 Å². The molecule has 1 aromatic rings. The van der Waals surface area contributed by atoms with Gasteiger partial charge in [-0.15, -0.1) is 0 Å². The molecule has 19 heavy (non-hydrogen) atoms. The first kappa shape index (κ1) is 13.6. The van der Waals surface area contributed by atoms with Crippen LogP contribution in [0.15, 0.2) is 16.8 Å². The fourth-order valence-electron chi connectivity index (χ4n) is 3.85. The van der Waals surface area contributed by atoms with Crippen LogP contribution in [0.1, 0.15) is 44.1 Å². The molecule has 1 saturated heterocycles. The smallest absolute Gasteiger partial charge is 0.0239 e. The fraction of sp³-hybridized carbons (Fsp3) is 0.750. The summed E-state index contributed by atoms with van der Waals surface area (Å²) in [7, 11) is 2.26. The van der Waals surface area contributed by atoms with Gasteiger partial charge in [-0.2, -0.15) is 11.3 Å². The third kappa shape index (κ3) is 3.59. The Hall–Kier alpha value is -0.380. The molecule has 3 rings (SSSR count). The van der Waals surface area contributed by atoms with E-state index in [1.807, 2.05) is 0 Å². The Kier molecular flexibility index (Phi) is 4.57. The van der Waals surface area contributed by atoms with Crippen LogP contribution in [0.25, 0.3) is 0 Å². The zero-order valence-electron chi connectivity index (χ0n) is 12.0. The summed E-state index contributed by atoms with van der Waals surface area (Å²) in [6.45, 7) is 2.29. The van der Waals surface area contributed by atoms with E-state index in [0.717, 1.165) is 18.5 Å². The molecule has 1 aliphatic heterocycles. The van der Waals surface area contributed by atoms with Crippen molar-refractivity contribution < 1.29 is 0 Å². The zero-order chi connectivity index (χ0) is 13.1. The van der Waals surface area contributed by atoms with Crippen molar-refractivity contribution in [3.8, 4) is 0 Å². The number of hydrogen-bond acceptors (Lipinski definition) is 3. The first-order valence-electron chi connectivity index (χ1n) is 7.77. The molecule has 106 valence electrons. The summed E-state index contributed by atoms with van der Waals surface area (Å²) in [6, 6.07) is 3.78. The van der Waals surface area contributed by atoms with Gasteiger partial charge >= 0.3 is 0 Å². The van der Waals surface area contributed by atoms with E-state index in [0.29, 0.717) is 6.04 Å². The van der Waals surface area contributed by atoms with E-state index >= 15 is 0 Å². The standard InChI is InChI=1S/C16H26N2S/c1-18(10-13-8-9-19-12-13)11-15-7-6-14-4-2-3-5-16(14)17-15/h8-9,12,14-17H,2-7,10-11H2,1H3. The van der Waals surface area contributed by atoms with E-state index < -0.39 is 0 Å². The first-order chi connectivity index (χ1) is 9.31. The Labute approximate surface area is 121 Å². The number of nitrogens with zero attached hydrogens (tertiary/aromatic N) is 1. The van der Waals surface area contributed by atoms with Crippen LogP contribution in [-0.2, 0) is 6.54 Å². The van der Waals surface area contributed by atoms with Crippen molar-refractivity contribution >= 4 is 11.3 Å². The molecule has 3 atom stereocenters. The Morgan fingerprint density at radius 1 is 1.26 bits per heavy atom. The van der Waals surface area contributed by atoms with Crippen molar-refractivity contribution in [1.82, 2.24) is 10.2 Å². The molecule has 1 N–H and O–H groups in total. The largest absolute Gasteiger partial charge is 0.310 e. The Bertz CT molecular complexity index is 376. The van der Waals surface area contributed by atoms with Gasteiger partial charge in [0.25, 0.3) is 0 Å². The van der Waals surface area contributed by atoms with Crippen LogP contribution in [0.4, 0.5) is 0 Å². The van der Waals surface area contributed by atoms with Gasteiger partial charge in [-0.25, -0.2) is 0 Å². The Balaban J connectivity index is 1.47. The van der Waals surface area contributed by atoms with Crippen molar-refractivity contribution in [3.63, 3.8) is 0 Å². The number of fused-ring (bicyclic) bond motifs is 1. The third-order valence-electron chi connectivity index (χ3n) is 4.81. The highest BCUT2D eigenvalue weighted by Gasteiger charge is 2.31. The second-order valence-corrected chi connectivity index (χ2v) is 7.20. The van der Waals surface area contributed by atoms with Crippen LogP contribution in [0.5, 0.6) is 0 Å². The molecule has 0 spiro atoms. The summed E-state index contributed by atoms with van der Waals surface area (Å²) < 4.78 is 0. The molecule has 0 radical (unpaired) electrons. The molecule has 1 saturated carbocycles. The van der Waals surface area contributed by atoms with Crippen molar-refractivity contribution in [2.45, 2.75) is 57.2 Å². The zero-order valence-corrected chi connectivity index (χ0v) is 12.8. The van der Waals surface area contributed by atoms with Gasteiger partial charge in [0.15, 0.2) is 0 Å². The van der Waals surface area contributed by atoms with E-state index in [1.54, 1.807) is 11.3 Å². The molecular formula is C16H26N2S. The quantitative estimate of drug-likeness (QED) is 0.907. The van der Waals surface area contributed by atoms with Crippen LogP contribution in [-0.4, -0.2) is 30.6 Å². The molecule has 2 nitrogen and oxygen atoms in total. The SMILES string of the molecule is CN(Cc1ccsc1)CC1CCC2CCCCC2N1. The molecule has 0 aromatic carbocycles. The van der Waals surface area contributed by atoms with Gasteiger partial charge in [-0.05, 0) is 61.0 Å². The molecular weight excluding hydrogens is 252 g/mol. The molecule has 1 aliphatic carbocycles. The lowest BCUT2D eigenvalue weighted by Crippen LogP contribution is -2.52. The van der Waals surface area contributed by atoms with E-state index in [4.69, 9.17) is 0 Å². The van der Waals surface area contributed by atoms with E-state index in [9.17, 15) is 0 Å². The number of rotatable bonds is 4. The second-order valence-electron chi connectivity index (χ2n) is 6.42. The number of hydrogen-bond donors (Lipinski definition) is 1. The minimum Gasteiger partial charge on any atom is -0.310 e. The van der Waals surface area contributed by atoms with Crippen molar-refractivity contribution in [2.75, 3.05) is 13.6 Å². The van der Waals surface area contributed by atoms with Gasteiger partial charge < -0.3 is 10.2 Å². The summed E-state index contributed by atoms with van der Waals surface area (Å²) in [5.41, 5.74) is 1.46. The average molecular weight is 278 g/mol. The predicted octanol–water partition coefficient (Wildman–Crippen LogP) is 3.49. The summed E-state index contributed by atoms with van der Waals surface area (Å²) in [6.07, 6.45) is 8.60. The summed E-state index contributed by atoms with van der Waals surface area (Å²) in [4.78, 5) is 2.48. The van der Waals surface area contributed by atoms with Gasteiger partial charge in [-0.1, -0.05) is 12.8 Å². The minimum absolute atomic E-state index is 0.711. The highest BCUT2D eigenvalue weighted by atomic mass is 32.1. The molecule has 3 unspecified atom stereocenters. The minimum atomic E-state index is 0.711. The maximum Gasteiger partial charge on any atom is 0.0239 e. The first-order valence-corrected chi connectivity index (χ1v) is 8.71. The number of thiophene rings is 1. The van der Waals surface area contributed by atoms with Crippen molar-refractivity contribution in [1.29, 1.82) is 0 Å². The highest BCUT2D eigenvalue weighted by molar-refractivity contribution is 7.07. The van der Waals surface area contributed by atoms with Crippen molar-refractivity contribution in [3.05, 3.63) is 22.4 Å². The summed E-state index contributed by atoms with van der Waals surface area (Å²) in [5.74, 6) is 0.979. The van der Waals surface area contributed by atoms with Crippen LogP contribution >= 0.6 is 11.3 Å². The second kappa shape index (κ2) is 6.38. The van der Waals surface area contributed by atoms with E-state index in [1.165, 1.54) is 50.6 Å². The van der Waals surface area contributed by atoms with E-state index in [2.05, 4.69) is 34.1 Å². The maximum absolute atomic E-state index is 3.93. The topological polar surface area (TPSA) is 15.3 Å². The Morgan fingerprint density at radius 2 is 2.16 bits per heavy atom. The van der Waals surface area contributed by atoms with Gasteiger partial charge in [0.2, 0.25) is 0 Å². The maximum atomic E-state index is 3.93. The average Bonchev–Trinajstić information content (AvgIpc) is 2.91. The van der Waals surface area contributed by atoms with Crippen LogP contribution < -0.4 is 5.32 Å². The molecule has 2 aliphatic rings. The van der Waals surface area contributed by atoms with Gasteiger partial charge in [0.1, 0.15) is 0 Å². The molecule has 3 heteroatoms. The Morgan fingerprint density at radius 3 is 3.00 bits per heavy atom. The molecule has 2 fully saturated rings.